The number of aromatic nitrogens is 3. The summed E-state index contributed by atoms with van der Waals surface area (Å²) in [6.07, 6.45) is -1.78. The largest absolute Gasteiger partial charge is 0.427 e. The van der Waals surface area contributed by atoms with Gasteiger partial charge in [0.25, 0.3) is 0 Å². The van der Waals surface area contributed by atoms with Gasteiger partial charge in [0.15, 0.2) is 5.13 Å². The summed E-state index contributed by atoms with van der Waals surface area (Å²) in [5.74, 6) is 0. The number of hydrogen-bond donors (Lipinski definition) is 1. The van der Waals surface area contributed by atoms with Crippen LogP contribution in [-0.2, 0) is 19.8 Å². The molecule has 0 saturated heterocycles. The fraction of sp³-hybridized carbons (Fsp3) is 0.231. The topological polar surface area (TPSA) is 42.7 Å². The molecule has 0 aliphatic carbocycles. The third-order valence-electron chi connectivity index (χ3n) is 3.02. The lowest BCUT2D eigenvalue weighted by Gasteiger charge is -2.04. The molecule has 0 fully saturated rings. The van der Waals surface area contributed by atoms with Crippen LogP contribution in [0.3, 0.4) is 0 Å². The van der Waals surface area contributed by atoms with E-state index >= 15 is 0 Å². The zero-order valence-corrected chi connectivity index (χ0v) is 11.8. The number of nitrogens with zero attached hydrogens (tertiary/aromatic N) is 3. The van der Waals surface area contributed by atoms with Crippen LogP contribution in [0.4, 0.5) is 18.3 Å². The maximum atomic E-state index is 12.5. The number of imidazole rings is 1. The van der Waals surface area contributed by atoms with Crippen molar-refractivity contribution in [3.05, 3.63) is 41.2 Å². The predicted molar refractivity (Wildman–Crippen MR) is 75.2 cm³/mol. The van der Waals surface area contributed by atoms with Gasteiger partial charge >= 0.3 is 6.18 Å². The molecular weight excluding hydrogens is 301 g/mol. The third-order valence-corrected chi connectivity index (χ3v) is 4.02. The van der Waals surface area contributed by atoms with E-state index in [0.29, 0.717) is 17.9 Å². The van der Waals surface area contributed by atoms with Gasteiger partial charge in [-0.25, -0.2) is 9.97 Å². The molecule has 0 saturated carbocycles. The third kappa shape index (κ3) is 2.85. The Hall–Kier alpha value is -2.09. The highest BCUT2D eigenvalue weighted by molar-refractivity contribution is 7.15. The smallest absolute Gasteiger partial charge is 0.357 e. The first-order chi connectivity index (χ1) is 9.93. The molecule has 8 heteroatoms. The molecule has 1 N–H and O–H groups in total. The van der Waals surface area contributed by atoms with Crippen LogP contribution in [0, 0.1) is 0 Å². The molecule has 0 bridgehead atoms. The average Bonchev–Trinajstić information content (AvgIpc) is 3.03. The lowest BCUT2D eigenvalue weighted by Crippen LogP contribution is -2.00. The number of alkyl halides is 3. The molecule has 3 aromatic rings. The summed E-state index contributed by atoms with van der Waals surface area (Å²) in [5.41, 5.74) is 2.80. The van der Waals surface area contributed by atoms with Crippen molar-refractivity contribution in [2.45, 2.75) is 12.7 Å². The van der Waals surface area contributed by atoms with Crippen molar-refractivity contribution in [1.29, 1.82) is 0 Å². The number of thiazole rings is 1. The van der Waals surface area contributed by atoms with Crippen molar-refractivity contribution >= 4 is 27.5 Å². The van der Waals surface area contributed by atoms with Gasteiger partial charge in [-0.15, -0.1) is 0 Å². The summed E-state index contributed by atoms with van der Waals surface area (Å²) in [4.78, 5) is 7.27. The summed E-state index contributed by atoms with van der Waals surface area (Å²) < 4.78 is 39.3. The summed E-state index contributed by atoms with van der Waals surface area (Å²) in [7, 11) is 1.90. The molecule has 1 aromatic carbocycles. The van der Waals surface area contributed by atoms with Gasteiger partial charge in [0.05, 0.1) is 23.6 Å². The van der Waals surface area contributed by atoms with Gasteiger partial charge in [-0.3, -0.25) is 0 Å². The highest BCUT2D eigenvalue weighted by atomic mass is 32.1. The molecule has 0 radical (unpaired) electrons. The average molecular weight is 312 g/mol. The normalized spacial score (nSPS) is 12.0. The first-order valence-electron chi connectivity index (χ1n) is 6.10. The number of rotatable bonds is 3. The second-order valence-corrected chi connectivity index (χ2v) is 5.59. The van der Waals surface area contributed by atoms with E-state index in [9.17, 15) is 13.2 Å². The van der Waals surface area contributed by atoms with Crippen LogP contribution in [0.1, 0.15) is 10.4 Å². The Kier molecular flexibility index (Phi) is 3.32. The van der Waals surface area contributed by atoms with E-state index in [1.807, 2.05) is 29.8 Å². The van der Waals surface area contributed by atoms with Gasteiger partial charge in [0, 0.05) is 13.6 Å². The highest BCUT2D eigenvalue weighted by Crippen LogP contribution is 2.35. The fourth-order valence-corrected chi connectivity index (χ4v) is 2.64. The molecule has 0 aliphatic heterocycles. The van der Waals surface area contributed by atoms with Gasteiger partial charge < -0.3 is 9.88 Å². The van der Waals surface area contributed by atoms with Crippen molar-refractivity contribution < 1.29 is 13.2 Å². The van der Waals surface area contributed by atoms with Crippen molar-refractivity contribution in [1.82, 2.24) is 14.5 Å². The number of hydrogen-bond acceptors (Lipinski definition) is 4. The standard InChI is InChI=1S/C13H11F3N4S/c1-20-7-19-9-4-8(2-3-10(9)20)5-17-12-18-6-11(21-12)13(14,15)16/h2-4,6-7H,5H2,1H3,(H,17,18). The van der Waals surface area contributed by atoms with E-state index in [1.165, 1.54) is 0 Å². The maximum absolute atomic E-state index is 12.5. The molecule has 4 nitrogen and oxygen atoms in total. The van der Waals surface area contributed by atoms with E-state index < -0.39 is 11.1 Å². The first kappa shape index (κ1) is 13.9. The SMILES string of the molecule is Cn1cnc2cc(CNc3ncc(C(F)(F)F)s3)ccc21. The van der Waals surface area contributed by atoms with E-state index in [-0.39, 0.29) is 5.13 Å². The Bertz CT molecular complexity index is 775. The Labute approximate surface area is 122 Å². The van der Waals surface area contributed by atoms with Crippen molar-refractivity contribution in [3.8, 4) is 0 Å². The molecule has 2 aromatic heterocycles. The van der Waals surface area contributed by atoms with Crippen molar-refractivity contribution in [2.24, 2.45) is 7.05 Å². The molecule has 0 atom stereocenters. The first-order valence-corrected chi connectivity index (χ1v) is 6.92. The second-order valence-electron chi connectivity index (χ2n) is 4.56. The molecule has 3 rings (SSSR count). The number of aryl methyl sites for hydroxylation is 1. The number of nitrogens with one attached hydrogen (secondary N) is 1. The van der Waals surface area contributed by atoms with Crippen LogP contribution >= 0.6 is 11.3 Å². The molecule has 21 heavy (non-hydrogen) atoms. The minimum atomic E-state index is -4.34. The van der Waals surface area contributed by atoms with Crippen molar-refractivity contribution in [2.75, 3.05) is 5.32 Å². The van der Waals surface area contributed by atoms with Crippen molar-refractivity contribution in [3.63, 3.8) is 0 Å². The Morgan fingerprint density at radius 2 is 2.10 bits per heavy atom. The Balaban J connectivity index is 1.72. The molecule has 0 amide bonds. The molecule has 0 unspecified atom stereocenters. The zero-order valence-electron chi connectivity index (χ0n) is 11.0. The van der Waals surface area contributed by atoms with Crippen LogP contribution in [-0.4, -0.2) is 14.5 Å². The molecule has 0 spiro atoms. The lowest BCUT2D eigenvalue weighted by atomic mass is 10.2. The number of halogens is 3. The second kappa shape index (κ2) is 5.03. The van der Waals surface area contributed by atoms with Gasteiger partial charge in [0.1, 0.15) is 4.88 Å². The molecule has 2 heterocycles. The van der Waals surface area contributed by atoms with Crippen LogP contribution < -0.4 is 5.32 Å². The van der Waals surface area contributed by atoms with Gasteiger partial charge in [-0.05, 0) is 17.7 Å². The van der Waals surface area contributed by atoms with Crippen LogP contribution in [0.2, 0.25) is 0 Å². The summed E-state index contributed by atoms with van der Waals surface area (Å²) in [5, 5.41) is 3.15. The number of benzene rings is 1. The monoisotopic (exact) mass is 312 g/mol. The Morgan fingerprint density at radius 1 is 1.29 bits per heavy atom. The highest BCUT2D eigenvalue weighted by Gasteiger charge is 2.33. The fourth-order valence-electron chi connectivity index (χ4n) is 1.96. The quantitative estimate of drug-likeness (QED) is 0.802. The summed E-state index contributed by atoms with van der Waals surface area (Å²) in [6.45, 7) is 0.400. The van der Waals surface area contributed by atoms with Crippen LogP contribution in [0.15, 0.2) is 30.7 Å². The predicted octanol–water partition coefficient (Wildman–Crippen LogP) is 3.66. The summed E-state index contributed by atoms with van der Waals surface area (Å²) >= 11 is 0.600. The maximum Gasteiger partial charge on any atom is 0.427 e. The molecule has 110 valence electrons. The van der Waals surface area contributed by atoms with E-state index in [4.69, 9.17) is 0 Å². The minimum absolute atomic E-state index is 0.253. The molecule has 0 aliphatic rings. The minimum Gasteiger partial charge on any atom is -0.357 e. The number of fused-ring (bicyclic) bond motifs is 1. The molecular formula is C13H11F3N4S. The number of anilines is 1. The van der Waals surface area contributed by atoms with Gasteiger partial charge in [0.2, 0.25) is 0 Å². The summed E-state index contributed by atoms with van der Waals surface area (Å²) in [6, 6.07) is 5.75. The van der Waals surface area contributed by atoms with Crippen LogP contribution in [0.5, 0.6) is 0 Å². The van der Waals surface area contributed by atoms with Gasteiger partial charge in [-0.1, -0.05) is 17.4 Å². The van der Waals surface area contributed by atoms with E-state index in [1.54, 1.807) is 6.33 Å². The van der Waals surface area contributed by atoms with Gasteiger partial charge in [-0.2, -0.15) is 13.2 Å². The Morgan fingerprint density at radius 3 is 2.81 bits per heavy atom. The zero-order chi connectivity index (χ0) is 15.0. The van der Waals surface area contributed by atoms with E-state index in [2.05, 4.69) is 15.3 Å². The lowest BCUT2D eigenvalue weighted by molar-refractivity contribution is -0.134. The van der Waals surface area contributed by atoms with Crippen LogP contribution in [0.25, 0.3) is 11.0 Å². The van der Waals surface area contributed by atoms with E-state index in [0.717, 1.165) is 22.8 Å².